The molecule has 1 atom stereocenters. The molecule has 0 aliphatic carbocycles. The SMILES string of the molecule is Cc1ccc(C[C@H](CCCOc2ccc(C=O)cc2)c2cccc(Cl)c2F)cc1C. The summed E-state index contributed by atoms with van der Waals surface area (Å²) < 4.78 is 20.5. The molecule has 30 heavy (non-hydrogen) atoms. The van der Waals surface area contributed by atoms with Crippen molar-refractivity contribution in [1.82, 2.24) is 0 Å². The Morgan fingerprint density at radius 2 is 1.80 bits per heavy atom. The summed E-state index contributed by atoms with van der Waals surface area (Å²) in [4.78, 5) is 10.7. The van der Waals surface area contributed by atoms with Gasteiger partial charge in [-0.3, -0.25) is 4.79 Å². The van der Waals surface area contributed by atoms with Gasteiger partial charge in [0.15, 0.2) is 0 Å². The summed E-state index contributed by atoms with van der Waals surface area (Å²) in [5.41, 5.74) is 4.94. The van der Waals surface area contributed by atoms with Crippen LogP contribution in [0.5, 0.6) is 5.75 Å². The van der Waals surface area contributed by atoms with Crippen LogP contribution in [0.25, 0.3) is 0 Å². The molecular formula is C26H26ClFO2. The van der Waals surface area contributed by atoms with Crippen molar-refractivity contribution >= 4 is 17.9 Å². The van der Waals surface area contributed by atoms with E-state index in [0.717, 1.165) is 31.3 Å². The largest absolute Gasteiger partial charge is 0.494 e. The van der Waals surface area contributed by atoms with Crippen molar-refractivity contribution in [3.8, 4) is 5.75 Å². The summed E-state index contributed by atoms with van der Waals surface area (Å²) in [5.74, 6) is 0.394. The average molecular weight is 425 g/mol. The van der Waals surface area contributed by atoms with Gasteiger partial charge in [0.25, 0.3) is 0 Å². The van der Waals surface area contributed by atoms with Crippen LogP contribution < -0.4 is 4.74 Å². The second-order valence-electron chi connectivity index (χ2n) is 7.64. The van der Waals surface area contributed by atoms with Crippen LogP contribution in [0.2, 0.25) is 5.02 Å². The molecule has 0 spiro atoms. The Balaban J connectivity index is 1.69. The maximum absolute atomic E-state index is 14.8. The smallest absolute Gasteiger partial charge is 0.150 e. The number of benzene rings is 3. The standard InChI is InChI=1S/C26H26ClFO2/c1-18-8-9-21(15-19(18)2)16-22(24-6-3-7-25(27)26(24)28)5-4-14-30-23-12-10-20(17-29)11-13-23/h3,6-13,15,17,22H,4-5,14,16H2,1-2H3/t22-/m0/s1. The molecule has 3 aromatic carbocycles. The molecule has 0 heterocycles. The average Bonchev–Trinajstić information content (AvgIpc) is 2.75. The fourth-order valence-electron chi connectivity index (χ4n) is 3.58. The van der Waals surface area contributed by atoms with Crippen LogP contribution in [-0.2, 0) is 6.42 Å². The van der Waals surface area contributed by atoms with Gasteiger partial charge in [0.05, 0.1) is 11.6 Å². The van der Waals surface area contributed by atoms with E-state index in [2.05, 4.69) is 32.0 Å². The van der Waals surface area contributed by atoms with Crippen LogP contribution in [0.15, 0.2) is 60.7 Å². The maximum Gasteiger partial charge on any atom is 0.150 e. The first-order valence-corrected chi connectivity index (χ1v) is 10.5. The lowest BCUT2D eigenvalue weighted by Crippen LogP contribution is -2.09. The van der Waals surface area contributed by atoms with Crippen molar-refractivity contribution in [2.24, 2.45) is 0 Å². The Morgan fingerprint density at radius 1 is 1.03 bits per heavy atom. The minimum atomic E-state index is -0.335. The fourth-order valence-corrected chi connectivity index (χ4v) is 3.76. The Labute approximate surface area is 182 Å². The van der Waals surface area contributed by atoms with Gasteiger partial charge in [-0.05, 0) is 91.6 Å². The third kappa shape index (κ3) is 5.70. The Kier molecular flexibility index (Phi) is 7.64. The molecule has 0 aromatic heterocycles. The summed E-state index contributed by atoms with van der Waals surface area (Å²) in [6, 6.07) is 18.6. The summed E-state index contributed by atoms with van der Waals surface area (Å²) in [7, 11) is 0. The highest BCUT2D eigenvalue weighted by atomic mass is 35.5. The van der Waals surface area contributed by atoms with Gasteiger partial charge in [-0.1, -0.05) is 41.9 Å². The predicted octanol–water partition coefficient (Wildman–Crippen LogP) is 7.09. The molecule has 0 N–H and O–H groups in total. The van der Waals surface area contributed by atoms with E-state index >= 15 is 0 Å². The third-order valence-corrected chi connectivity index (χ3v) is 5.75. The van der Waals surface area contributed by atoms with Gasteiger partial charge in [-0.2, -0.15) is 0 Å². The lowest BCUT2D eigenvalue weighted by atomic mass is 9.87. The molecule has 4 heteroatoms. The van der Waals surface area contributed by atoms with Gasteiger partial charge in [-0.25, -0.2) is 4.39 Å². The second-order valence-corrected chi connectivity index (χ2v) is 8.05. The number of carbonyl (C=O) groups is 1. The monoisotopic (exact) mass is 424 g/mol. The molecule has 3 aromatic rings. The van der Waals surface area contributed by atoms with Crippen LogP contribution in [0.1, 0.15) is 51.4 Å². The fraction of sp³-hybridized carbons (Fsp3) is 0.269. The molecule has 0 radical (unpaired) electrons. The van der Waals surface area contributed by atoms with Crippen LogP contribution >= 0.6 is 11.6 Å². The van der Waals surface area contributed by atoms with E-state index < -0.39 is 0 Å². The van der Waals surface area contributed by atoms with E-state index in [1.165, 1.54) is 16.7 Å². The van der Waals surface area contributed by atoms with Crippen molar-refractivity contribution in [3.63, 3.8) is 0 Å². The minimum absolute atomic E-state index is 0.00634. The summed E-state index contributed by atoms with van der Waals surface area (Å²) >= 11 is 6.05. The number of aldehydes is 1. The molecule has 0 saturated heterocycles. The number of hydrogen-bond donors (Lipinski definition) is 0. The normalized spacial score (nSPS) is 11.9. The molecule has 0 aliphatic rings. The molecule has 0 aliphatic heterocycles. The molecule has 0 bridgehead atoms. The van der Waals surface area contributed by atoms with Crippen LogP contribution in [-0.4, -0.2) is 12.9 Å². The lowest BCUT2D eigenvalue weighted by molar-refractivity contribution is 0.112. The van der Waals surface area contributed by atoms with Gasteiger partial charge in [0.2, 0.25) is 0 Å². The van der Waals surface area contributed by atoms with Crippen molar-refractivity contribution in [2.45, 2.75) is 39.0 Å². The number of aryl methyl sites for hydroxylation is 2. The van der Waals surface area contributed by atoms with E-state index in [1.807, 2.05) is 6.07 Å². The highest BCUT2D eigenvalue weighted by molar-refractivity contribution is 6.30. The Morgan fingerprint density at radius 3 is 2.50 bits per heavy atom. The quantitative estimate of drug-likeness (QED) is 0.270. The molecule has 3 rings (SSSR count). The molecule has 0 unspecified atom stereocenters. The van der Waals surface area contributed by atoms with Gasteiger partial charge < -0.3 is 4.74 Å². The third-order valence-electron chi connectivity index (χ3n) is 5.46. The lowest BCUT2D eigenvalue weighted by Gasteiger charge is -2.20. The van der Waals surface area contributed by atoms with E-state index in [9.17, 15) is 9.18 Å². The number of hydrogen-bond acceptors (Lipinski definition) is 2. The minimum Gasteiger partial charge on any atom is -0.494 e. The molecule has 2 nitrogen and oxygen atoms in total. The summed E-state index contributed by atoms with van der Waals surface area (Å²) in [6.45, 7) is 4.70. The van der Waals surface area contributed by atoms with Crippen molar-refractivity contribution < 1.29 is 13.9 Å². The maximum atomic E-state index is 14.8. The first-order valence-electron chi connectivity index (χ1n) is 10.2. The highest BCUT2D eigenvalue weighted by Crippen LogP contribution is 2.31. The first-order chi connectivity index (χ1) is 14.5. The van der Waals surface area contributed by atoms with Crippen molar-refractivity contribution in [2.75, 3.05) is 6.61 Å². The number of ether oxygens (including phenoxy) is 1. The number of rotatable bonds is 9. The molecule has 0 fully saturated rings. The van der Waals surface area contributed by atoms with Gasteiger partial charge in [0.1, 0.15) is 17.9 Å². The Bertz CT molecular complexity index is 998. The number of carbonyl (C=O) groups excluding carboxylic acids is 1. The zero-order chi connectivity index (χ0) is 21.5. The van der Waals surface area contributed by atoms with Crippen LogP contribution in [0.3, 0.4) is 0 Å². The van der Waals surface area contributed by atoms with E-state index in [0.29, 0.717) is 17.7 Å². The Hall–Kier alpha value is -2.65. The predicted molar refractivity (Wildman–Crippen MR) is 120 cm³/mol. The van der Waals surface area contributed by atoms with E-state index in [-0.39, 0.29) is 16.8 Å². The molecule has 0 saturated carbocycles. The molecular weight excluding hydrogens is 399 g/mol. The summed E-state index contributed by atoms with van der Waals surface area (Å²) in [5, 5.41) is 0.157. The molecule has 156 valence electrons. The van der Waals surface area contributed by atoms with Crippen molar-refractivity contribution in [1.29, 1.82) is 0 Å². The van der Waals surface area contributed by atoms with Crippen molar-refractivity contribution in [3.05, 3.63) is 99.3 Å². The van der Waals surface area contributed by atoms with Gasteiger partial charge in [-0.15, -0.1) is 0 Å². The topological polar surface area (TPSA) is 26.3 Å². The van der Waals surface area contributed by atoms with E-state index in [1.54, 1.807) is 36.4 Å². The van der Waals surface area contributed by atoms with Gasteiger partial charge >= 0.3 is 0 Å². The second kappa shape index (κ2) is 10.4. The van der Waals surface area contributed by atoms with Crippen LogP contribution in [0.4, 0.5) is 4.39 Å². The first kappa shape index (κ1) is 22.0. The molecule has 0 amide bonds. The summed E-state index contributed by atoms with van der Waals surface area (Å²) in [6.07, 6.45) is 3.10. The zero-order valence-electron chi connectivity index (χ0n) is 17.3. The highest BCUT2D eigenvalue weighted by Gasteiger charge is 2.18. The van der Waals surface area contributed by atoms with Gasteiger partial charge in [0, 0.05) is 5.56 Å². The number of halogens is 2. The van der Waals surface area contributed by atoms with E-state index in [4.69, 9.17) is 16.3 Å². The van der Waals surface area contributed by atoms with Crippen LogP contribution in [0, 0.1) is 19.7 Å². The zero-order valence-corrected chi connectivity index (χ0v) is 18.1.